The fourth-order valence-electron chi connectivity index (χ4n) is 2.89. The summed E-state index contributed by atoms with van der Waals surface area (Å²) in [5, 5.41) is 0. The molecule has 0 aliphatic rings. The molecule has 0 saturated heterocycles. The average molecular weight is 354 g/mol. The maximum atomic E-state index is 13.4. The highest BCUT2D eigenvalue weighted by Gasteiger charge is 2.35. The molecule has 0 atom stereocenters. The molecule has 24 heavy (non-hydrogen) atoms. The molecule has 0 aromatic heterocycles. The Hall–Kier alpha value is -1.20. The Morgan fingerprint density at radius 3 is 1.88 bits per heavy atom. The summed E-state index contributed by atoms with van der Waals surface area (Å²) in [6, 6.07) is 3.13. The van der Waals surface area contributed by atoms with Crippen molar-refractivity contribution in [3.05, 3.63) is 34.4 Å². The number of halogens is 6. The van der Waals surface area contributed by atoms with Gasteiger partial charge in [0.2, 0.25) is 0 Å². The van der Waals surface area contributed by atoms with Crippen molar-refractivity contribution in [1.29, 1.82) is 0 Å². The molecule has 0 fully saturated rings. The van der Waals surface area contributed by atoms with Crippen LogP contribution >= 0.6 is 0 Å². The molecular weight excluding hydrogens is 330 g/mol. The molecular formula is C18H24F6. The van der Waals surface area contributed by atoms with Crippen LogP contribution in [0.4, 0.5) is 26.3 Å². The van der Waals surface area contributed by atoms with Gasteiger partial charge in [-0.1, -0.05) is 31.9 Å². The van der Waals surface area contributed by atoms with Crippen molar-refractivity contribution in [3.8, 4) is 0 Å². The zero-order valence-electron chi connectivity index (χ0n) is 14.1. The fraction of sp³-hybridized carbons (Fsp3) is 0.667. The van der Waals surface area contributed by atoms with Crippen LogP contribution in [-0.4, -0.2) is 6.18 Å². The molecule has 138 valence electrons. The van der Waals surface area contributed by atoms with Crippen LogP contribution in [0, 0.1) is 6.92 Å². The van der Waals surface area contributed by atoms with Gasteiger partial charge in [-0.15, -0.1) is 0 Å². The highest BCUT2D eigenvalue weighted by molar-refractivity contribution is 5.42. The van der Waals surface area contributed by atoms with Crippen LogP contribution in [0.2, 0.25) is 0 Å². The van der Waals surface area contributed by atoms with Crippen molar-refractivity contribution >= 4 is 0 Å². The molecule has 0 saturated carbocycles. The molecule has 0 aliphatic carbocycles. The quantitative estimate of drug-likeness (QED) is 0.347. The van der Waals surface area contributed by atoms with E-state index in [0.29, 0.717) is 12.0 Å². The van der Waals surface area contributed by atoms with Crippen LogP contribution in [0.3, 0.4) is 0 Å². The van der Waals surface area contributed by atoms with Crippen molar-refractivity contribution in [1.82, 2.24) is 0 Å². The van der Waals surface area contributed by atoms with Crippen molar-refractivity contribution in [2.75, 3.05) is 0 Å². The van der Waals surface area contributed by atoms with Gasteiger partial charge in [-0.25, -0.2) is 0 Å². The Balaban J connectivity index is 2.89. The third-order valence-electron chi connectivity index (χ3n) is 4.15. The lowest BCUT2D eigenvalue weighted by Gasteiger charge is -2.19. The number of hydrogen-bond acceptors (Lipinski definition) is 0. The Morgan fingerprint density at radius 1 is 0.792 bits per heavy atom. The van der Waals surface area contributed by atoms with Gasteiger partial charge in [0, 0.05) is 6.42 Å². The van der Waals surface area contributed by atoms with Crippen LogP contribution < -0.4 is 0 Å². The SMILES string of the molecule is CCCCCc1ccc(CCCCC(F)(F)F)c(C(F)(F)F)c1C. The molecule has 1 aromatic carbocycles. The van der Waals surface area contributed by atoms with Crippen molar-refractivity contribution < 1.29 is 26.3 Å². The van der Waals surface area contributed by atoms with Gasteiger partial charge in [-0.05, 0) is 55.7 Å². The van der Waals surface area contributed by atoms with E-state index < -0.39 is 24.3 Å². The number of benzene rings is 1. The second-order valence-corrected chi connectivity index (χ2v) is 6.16. The summed E-state index contributed by atoms with van der Waals surface area (Å²) in [5.74, 6) is 0. The number of aryl methyl sites for hydroxylation is 2. The number of hydrogen-bond donors (Lipinski definition) is 0. The van der Waals surface area contributed by atoms with E-state index in [1.165, 1.54) is 13.0 Å². The molecule has 0 nitrogen and oxygen atoms in total. The Bertz CT molecular complexity index is 513. The van der Waals surface area contributed by atoms with Crippen molar-refractivity contribution in [3.63, 3.8) is 0 Å². The van der Waals surface area contributed by atoms with Crippen molar-refractivity contribution in [2.45, 2.75) is 77.6 Å². The largest absolute Gasteiger partial charge is 0.416 e. The van der Waals surface area contributed by atoms with E-state index in [1.54, 1.807) is 6.07 Å². The minimum Gasteiger partial charge on any atom is -0.171 e. The van der Waals surface area contributed by atoms with Gasteiger partial charge >= 0.3 is 12.4 Å². The first kappa shape index (κ1) is 20.8. The van der Waals surface area contributed by atoms with Gasteiger partial charge in [0.15, 0.2) is 0 Å². The topological polar surface area (TPSA) is 0 Å². The summed E-state index contributed by atoms with van der Waals surface area (Å²) >= 11 is 0. The molecule has 0 radical (unpaired) electrons. The van der Waals surface area contributed by atoms with Gasteiger partial charge in [0.25, 0.3) is 0 Å². The lowest BCUT2D eigenvalue weighted by Crippen LogP contribution is -2.14. The Labute approximate surface area is 139 Å². The van der Waals surface area contributed by atoms with E-state index >= 15 is 0 Å². The maximum Gasteiger partial charge on any atom is 0.416 e. The lowest BCUT2D eigenvalue weighted by molar-refractivity contribution is -0.139. The Morgan fingerprint density at radius 2 is 1.33 bits per heavy atom. The summed E-state index contributed by atoms with van der Waals surface area (Å²) in [6.45, 7) is 3.49. The molecule has 1 aromatic rings. The Kier molecular flexibility index (Phi) is 7.61. The van der Waals surface area contributed by atoms with Gasteiger partial charge in [0.1, 0.15) is 0 Å². The van der Waals surface area contributed by atoms with E-state index in [9.17, 15) is 26.3 Å². The lowest BCUT2D eigenvalue weighted by atomic mass is 9.91. The maximum absolute atomic E-state index is 13.4. The van der Waals surface area contributed by atoms with Crippen LogP contribution in [0.5, 0.6) is 0 Å². The molecule has 0 unspecified atom stereocenters. The van der Waals surface area contributed by atoms with Gasteiger partial charge < -0.3 is 0 Å². The minimum atomic E-state index is -4.48. The normalized spacial score (nSPS) is 12.7. The summed E-state index contributed by atoms with van der Waals surface area (Å²) in [4.78, 5) is 0. The third kappa shape index (κ3) is 6.73. The average Bonchev–Trinajstić information content (AvgIpc) is 2.43. The summed E-state index contributed by atoms with van der Waals surface area (Å²) in [6.07, 6.45) is -6.37. The molecule has 0 bridgehead atoms. The highest BCUT2D eigenvalue weighted by Crippen LogP contribution is 2.37. The van der Waals surface area contributed by atoms with Gasteiger partial charge in [-0.3, -0.25) is 0 Å². The first-order valence-electron chi connectivity index (χ1n) is 8.31. The molecule has 0 amide bonds. The standard InChI is InChI=1S/C18H24F6/c1-3-4-5-8-14-10-11-15(9-6-7-12-17(19,20)21)16(13(14)2)18(22,23)24/h10-11H,3-9,12H2,1-2H3. The van der Waals surface area contributed by atoms with E-state index in [-0.39, 0.29) is 30.4 Å². The molecule has 0 spiro atoms. The van der Waals surface area contributed by atoms with E-state index in [0.717, 1.165) is 19.3 Å². The molecule has 0 heterocycles. The zero-order valence-corrected chi connectivity index (χ0v) is 14.1. The van der Waals surface area contributed by atoms with Crippen LogP contribution in [0.15, 0.2) is 12.1 Å². The fourth-order valence-corrected chi connectivity index (χ4v) is 2.89. The molecule has 6 heteroatoms. The molecule has 1 rings (SSSR count). The third-order valence-corrected chi connectivity index (χ3v) is 4.15. The monoisotopic (exact) mass is 354 g/mol. The van der Waals surface area contributed by atoms with Crippen LogP contribution in [-0.2, 0) is 19.0 Å². The minimum absolute atomic E-state index is 0.0149. The number of rotatable bonds is 8. The zero-order chi connectivity index (χ0) is 18.4. The van der Waals surface area contributed by atoms with Crippen molar-refractivity contribution in [2.24, 2.45) is 0 Å². The van der Waals surface area contributed by atoms with Gasteiger partial charge in [-0.2, -0.15) is 26.3 Å². The molecule has 0 N–H and O–H groups in total. The summed E-state index contributed by atoms with van der Waals surface area (Å²) in [5.41, 5.74) is 0.326. The van der Waals surface area contributed by atoms with E-state index in [4.69, 9.17) is 0 Å². The predicted octanol–water partition coefficient (Wildman–Crippen LogP) is 7.02. The first-order valence-corrected chi connectivity index (χ1v) is 8.31. The van der Waals surface area contributed by atoms with Crippen LogP contribution in [0.25, 0.3) is 0 Å². The molecule has 0 aliphatic heterocycles. The summed E-state index contributed by atoms with van der Waals surface area (Å²) < 4.78 is 76.6. The number of unbranched alkanes of at least 4 members (excludes halogenated alkanes) is 3. The number of alkyl halides is 6. The van der Waals surface area contributed by atoms with Crippen LogP contribution in [0.1, 0.15) is 67.7 Å². The smallest absolute Gasteiger partial charge is 0.171 e. The second kappa shape index (κ2) is 8.77. The van der Waals surface area contributed by atoms with E-state index in [1.807, 2.05) is 6.92 Å². The van der Waals surface area contributed by atoms with Gasteiger partial charge in [0.05, 0.1) is 5.56 Å². The highest BCUT2D eigenvalue weighted by atomic mass is 19.4. The van der Waals surface area contributed by atoms with E-state index in [2.05, 4.69) is 0 Å². The predicted molar refractivity (Wildman–Crippen MR) is 83.0 cm³/mol. The first-order chi connectivity index (χ1) is 11.1. The summed E-state index contributed by atoms with van der Waals surface area (Å²) in [7, 11) is 0. The second-order valence-electron chi connectivity index (χ2n) is 6.16.